The Morgan fingerprint density at radius 2 is 1.73 bits per heavy atom. The van der Waals surface area contributed by atoms with Gasteiger partial charge >= 0.3 is 0 Å². The van der Waals surface area contributed by atoms with Crippen LogP contribution in [0, 0.1) is 0 Å². The summed E-state index contributed by atoms with van der Waals surface area (Å²) in [6.45, 7) is 4.14. The number of halogens is 2. The third-order valence-electron chi connectivity index (χ3n) is 1.64. The summed E-state index contributed by atoms with van der Waals surface area (Å²) in [5.74, 6) is 0. The highest BCUT2D eigenvalue weighted by Crippen LogP contribution is 2.32. The van der Waals surface area contributed by atoms with Crippen molar-refractivity contribution in [1.29, 1.82) is 0 Å². The molecule has 0 saturated carbocycles. The van der Waals surface area contributed by atoms with Crippen LogP contribution in [0.3, 0.4) is 0 Å². The van der Waals surface area contributed by atoms with E-state index in [1.807, 2.05) is 0 Å². The highest BCUT2D eigenvalue weighted by atomic mass is 127. The zero-order valence-corrected chi connectivity index (χ0v) is 9.91. The van der Waals surface area contributed by atoms with Gasteiger partial charge in [-0.1, -0.05) is 49.3 Å². The zero-order valence-electron chi connectivity index (χ0n) is 6.99. The van der Waals surface area contributed by atoms with Crippen molar-refractivity contribution in [2.24, 2.45) is 0 Å². The molecule has 0 saturated heterocycles. The molecule has 0 bridgehead atoms. The maximum atomic E-state index is 11.0. The first-order chi connectivity index (χ1) is 5.06. The van der Waals surface area contributed by atoms with E-state index in [0.29, 0.717) is 0 Å². The summed E-state index contributed by atoms with van der Waals surface area (Å²) in [5.41, 5.74) is 0. The fourth-order valence-electron chi connectivity index (χ4n) is 1.11. The smallest absolute Gasteiger partial charge is 0.237 e. The van der Waals surface area contributed by atoms with E-state index >= 15 is 0 Å². The summed E-state index contributed by atoms with van der Waals surface area (Å²) in [4.78, 5) is 11.0. The fourth-order valence-corrected chi connectivity index (χ4v) is 2.38. The first kappa shape index (κ1) is 11.7. The molecular formula is C8H14ClIO. The lowest BCUT2D eigenvalue weighted by atomic mass is 10.00. The Bertz CT molecular complexity index is 130. The Hall–Kier alpha value is 0.690. The molecule has 0 unspecified atom stereocenters. The highest BCUT2D eigenvalue weighted by Gasteiger charge is 2.31. The van der Waals surface area contributed by atoms with Crippen LogP contribution in [0.1, 0.15) is 39.5 Å². The predicted octanol–water partition coefficient (Wildman–Crippen LogP) is 3.53. The molecule has 0 fully saturated rings. The van der Waals surface area contributed by atoms with E-state index < -0.39 is 0 Å². The first-order valence-electron chi connectivity index (χ1n) is 3.95. The molecule has 3 heteroatoms. The van der Waals surface area contributed by atoms with Gasteiger partial charge in [0.1, 0.15) is 0 Å². The predicted molar refractivity (Wildman–Crippen MR) is 57.4 cm³/mol. The Kier molecular flexibility index (Phi) is 5.69. The van der Waals surface area contributed by atoms with Crippen LogP contribution >= 0.6 is 34.2 Å². The molecule has 0 aliphatic rings. The van der Waals surface area contributed by atoms with Crippen LogP contribution in [-0.4, -0.2) is 8.66 Å². The minimum atomic E-state index is -0.303. The molecule has 0 aliphatic heterocycles. The summed E-state index contributed by atoms with van der Waals surface area (Å²) >= 11 is 7.68. The van der Waals surface area contributed by atoms with E-state index in [2.05, 4.69) is 36.4 Å². The minimum absolute atomic E-state index is 0.193. The summed E-state index contributed by atoms with van der Waals surface area (Å²) in [6, 6.07) is 0. The summed E-state index contributed by atoms with van der Waals surface area (Å²) in [7, 11) is 0. The van der Waals surface area contributed by atoms with Crippen molar-refractivity contribution < 1.29 is 4.79 Å². The van der Waals surface area contributed by atoms with E-state index in [1.54, 1.807) is 0 Å². The Morgan fingerprint density at radius 3 is 1.91 bits per heavy atom. The van der Waals surface area contributed by atoms with Crippen LogP contribution in [-0.2, 0) is 4.79 Å². The van der Waals surface area contributed by atoms with Gasteiger partial charge in [-0.25, -0.2) is 0 Å². The molecule has 11 heavy (non-hydrogen) atoms. The second-order valence-electron chi connectivity index (χ2n) is 2.74. The van der Waals surface area contributed by atoms with Crippen LogP contribution in [0.25, 0.3) is 0 Å². The highest BCUT2D eigenvalue weighted by molar-refractivity contribution is 14.1. The lowest BCUT2D eigenvalue weighted by molar-refractivity contribution is -0.113. The zero-order chi connectivity index (χ0) is 8.91. The minimum Gasteiger partial charge on any atom is -0.280 e. The van der Waals surface area contributed by atoms with E-state index in [0.717, 1.165) is 25.7 Å². The van der Waals surface area contributed by atoms with Gasteiger partial charge in [0.25, 0.3) is 0 Å². The molecule has 0 N–H and O–H groups in total. The van der Waals surface area contributed by atoms with E-state index in [1.165, 1.54) is 0 Å². The Balaban J connectivity index is 4.13. The molecular weight excluding hydrogens is 274 g/mol. The lowest BCUT2D eigenvalue weighted by Gasteiger charge is -2.21. The summed E-state index contributed by atoms with van der Waals surface area (Å²) < 4.78 is -0.303. The van der Waals surface area contributed by atoms with Gasteiger partial charge in [0, 0.05) is 0 Å². The lowest BCUT2D eigenvalue weighted by Crippen LogP contribution is -2.27. The van der Waals surface area contributed by atoms with Crippen molar-refractivity contribution in [1.82, 2.24) is 0 Å². The number of hydrogen-bond donors (Lipinski definition) is 0. The quantitative estimate of drug-likeness (QED) is 0.430. The maximum Gasteiger partial charge on any atom is 0.237 e. The van der Waals surface area contributed by atoms with E-state index in [-0.39, 0.29) is 8.66 Å². The van der Waals surface area contributed by atoms with Crippen molar-refractivity contribution >= 4 is 39.4 Å². The molecule has 0 heterocycles. The normalized spacial score (nSPS) is 11.6. The number of carbonyl (C=O) groups is 1. The second kappa shape index (κ2) is 5.36. The third kappa shape index (κ3) is 3.74. The van der Waals surface area contributed by atoms with Crippen LogP contribution in [0.5, 0.6) is 0 Å². The summed E-state index contributed by atoms with van der Waals surface area (Å²) in [5, 5.41) is -0.193. The third-order valence-corrected chi connectivity index (χ3v) is 3.89. The second-order valence-corrected chi connectivity index (χ2v) is 5.15. The van der Waals surface area contributed by atoms with Gasteiger partial charge in [-0.05, 0) is 24.4 Å². The topological polar surface area (TPSA) is 17.1 Å². The molecule has 0 aromatic heterocycles. The fraction of sp³-hybridized carbons (Fsp3) is 0.875. The van der Waals surface area contributed by atoms with Gasteiger partial charge in [0.15, 0.2) is 0 Å². The SMILES string of the molecule is CCCC(I)(CCC)C(=O)Cl. The van der Waals surface area contributed by atoms with Crippen molar-refractivity contribution in [2.45, 2.75) is 43.0 Å². The number of hydrogen-bond acceptors (Lipinski definition) is 1. The van der Waals surface area contributed by atoms with Crippen LogP contribution in [0.4, 0.5) is 0 Å². The number of rotatable bonds is 5. The van der Waals surface area contributed by atoms with Crippen molar-refractivity contribution in [3.63, 3.8) is 0 Å². The largest absolute Gasteiger partial charge is 0.280 e. The number of carbonyl (C=O) groups excluding carboxylic acids is 1. The van der Waals surface area contributed by atoms with E-state index in [9.17, 15) is 4.79 Å². The number of alkyl halides is 1. The molecule has 0 aliphatic carbocycles. The van der Waals surface area contributed by atoms with Gasteiger partial charge in [0.2, 0.25) is 5.24 Å². The molecule has 0 spiro atoms. The van der Waals surface area contributed by atoms with Gasteiger partial charge in [-0.3, -0.25) is 4.79 Å². The Morgan fingerprint density at radius 1 is 1.36 bits per heavy atom. The molecule has 0 aromatic carbocycles. The first-order valence-corrected chi connectivity index (χ1v) is 5.41. The average molecular weight is 289 g/mol. The maximum absolute atomic E-state index is 11.0. The van der Waals surface area contributed by atoms with Gasteiger partial charge in [0.05, 0.1) is 3.42 Å². The molecule has 66 valence electrons. The van der Waals surface area contributed by atoms with Crippen LogP contribution < -0.4 is 0 Å². The van der Waals surface area contributed by atoms with Gasteiger partial charge in [-0.2, -0.15) is 0 Å². The molecule has 0 rings (SSSR count). The van der Waals surface area contributed by atoms with Crippen molar-refractivity contribution in [3.8, 4) is 0 Å². The van der Waals surface area contributed by atoms with E-state index in [4.69, 9.17) is 11.6 Å². The molecule has 0 atom stereocenters. The average Bonchev–Trinajstić information content (AvgIpc) is 1.88. The van der Waals surface area contributed by atoms with Gasteiger partial charge < -0.3 is 0 Å². The summed E-state index contributed by atoms with van der Waals surface area (Å²) in [6.07, 6.45) is 3.82. The monoisotopic (exact) mass is 288 g/mol. The van der Waals surface area contributed by atoms with Gasteiger partial charge in [-0.15, -0.1) is 0 Å². The van der Waals surface area contributed by atoms with Crippen LogP contribution in [0.15, 0.2) is 0 Å². The molecule has 0 radical (unpaired) electrons. The molecule has 0 aromatic rings. The Labute approximate surface area is 87.0 Å². The molecule has 1 nitrogen and oxygen atoms in total. The van der Waals surface area contributed by atoms with Crippen molar-refractivity contribution in [3.05, 3.63) is 0 Å². The standard InChI is InChI=1S/C8H14ClIO/c1-3-5-8(10,6-4-2)7(9)11/h3-6H2,1-2H3. The molecule has 0 amide bonds. The van der Waals surface area contributed by atoms with Crippen molar-refractivity contribution in [2.75, 3.05) is 0 Å². The van der Waals surface area contributed by atoms with Crippen LogP contribution in [0.2, 0.25) is 0 Å².